The number of nitrogens with one attached hydrogen (secondary N) is 1. The summed E-state index contributed by atoms with van der Waals surface area (Å²) in [5.74, 6) is -1.09. The number of fused-ring (bicyclic) bond motifs is 1. The van der Waals surface area contributed by atoms with Crippen molar-refractivity contribution in [1.82, 2.24) is 9.88 Å². The summed E-state index contributed by atoms with van der Waals surface area (Å²) in [7, 11) is 0. The number of carboxylic acid groups (broad SMARTS) is 1. The molecule has 0 aliphatic carbocycles. The number of aryl methyl sites for hydroxylation is 1. The summed E-state index contributed by atoms with van der Waals surface area (Å²) in [6, 6.07) is 5.69. The van der Waals surface area contributed by atoms with Crippen molar-refractivity contribution in [1.29, 1.82) is 0 Å². The Balaban J connectivity index is 2.50. The molecular formula is C16H20N2O3. The predicted octanol–water partition coefficient (Wildman–Crippen LogP) is 2.59. The van der Waals surface area contributed by atoms with Gasteiger partial charge in [-0.1, -0.05) is 11.6 Å². The minimum atomic E-state index is -1.04. The number of H-pyrrole nitrogens is 1. The van der Waals surface area contributed by atoms with Gasteiger partial charge in [0.25, 0.3) is 0 Å². The van der Waals surface area contributed by atoms with E-state index in [1.54, 1.807) is 4.90 Å². The van der Waals surface area contributed by atoms with Crippen LogP contribution in [0.15, 0.2) is 18.2 Å². The third-order valence-corrected chi connectivity index (χ3v) is 3.72. The molecule has 0 aliphatic rings. The second-order valence-electron chi connectivity index (χ2n) is 5.08. The zero-order chi connectivity index (χ0) is 15.6. The van der Waals surface area contributed by atoms with Crippen LogP contribution >= 0.6 is 0 Å². The maximum Gasteiger partial charge on any atom is 0.352 e. The molecule has 0 aliphatic heterocycles. The van der Waals surface area contributed by atoms with Gasteiger partial charge in [-0.3, -0.25) is 4.79 Å². The normalized spacial score (nSPS) is 10.8. The lowest BCUT2D eigenvalue weighted by atomic mass is 10.0. The van der Waals surface area contributed by atoms with Gasteiger partial charge in [-0.2, -0.15) is 0 Å². The summed E-state index contributed by atoms with van der Waals surface area (Å²) >= 11 is 0. The first-order valence-corrected chi connectivity index (χ1v) is 7.10. The minimum absolute atomic E-state index is 0.0510. The van der Waals surface area contributed by atoms with Gasteiger partial charge in [-0.05, 0) is 32.9 Å². The average molecular weight is 288 g/mol. The Bertz CT molecular complexity index is 684. The van der Waals surface area contributed by atoms with Crippen LogP contribution in [0.2, 0.25) is 0 Å². The molecule has 1 heterocycles. The maximum atomic E-state index is 12.3. The Morgan fingerprint density at radius 3 is 2.48 bits per heavy atom. The van der Waals surface area contributed by atoms with Crippen molar-refractivity contribution in [3.63, 3.8) is 0 Å². The third-order valence-electron chi connectivity index (χ3n) is 3.72. The van der Waals surface area contributed by atoms with E-state index in [0.717, 1.165) is 16.5 Å². The second kappa shape index (κ2) is 5.99. The van der Waals surface area contributed by atoms with E-state index in [4.69, 9.17) is 0 Å². The monoisotopic (exact) mass is 288 g/mol. The molecule has 112 valence electrons. The van der Waals surface area contributed by atoms with Crippen LogP contribution in [0, 0.1) is 6.92 Å². The van der Waals surface area contributed by atoms with Crippen LogP contribution in [0.4, 0.5) is 0 Å². The van der Waals surface area contributed by atoms with Crippen LogP contribution in [0.5, 0.6) is 0 Å². The van der Waals surface area contributed by atoms with E-state index in [-0.39, 0.29) is 18.0 Å². The van der Waals surface area contributed by atoms with Crippen LogP contribution in [0.3, 0.4) is 0 Å². The van der Waals surface area contributed by atoms with Crippen LogP contribution in [0.1, 0.15) is 35.5 Å². The van der Waals surface area contributed by atoms with E-state index in [2.05, 4.69) is 4.98 Å². The lowest BCUT2D eigenvalue weighted by molar-refractivity contribution is -0.130. The molecule has 21 heavy (non-hydrogen) atoms. The van der Waals surface area contributed by atoms with Gasteiger partial charge in [0.05, 0.1) is 6.42 Å². The van der Waals surface area contributed by atoms with Gasteiger partial charge in [0.2, 0.25) is 5.91 Å². The van der Waals surface area contributed by atoms with Crippen molar-refractivity contribution in [3.05, 3.63) is 35.0 Å². The number of carbonyl (C=O) groups excluding carboxylic acids is 1. The largest absolute Gasteiger partial charge is 0.477 e. The number of nitrogens with zero attached hydrogens (tertiary/aromatic N) is 1. The molecule has 5 heteroatoms. The lowest BCUT2D eigenvalue weighted by Crippen LogP contribution is -2.32. The Hall–Kier alpha value is -2.30. The predicted molar refractivity (Wildman–Crippen MR) is 81.6 cm³/mol. The van der Waals surface area contributed by atoms with Gasteiger partial charge < -0.3 is 15.0 Å². The third kappa shape index (κ3) is 2.91. The highest BCUT2D eigenvalue weighted by molar-refractivity contribution is 6.00. The Kier molecular flexibility index (Phi) is 4.31. The van der Waals surface area contributed by atoms with Crippen molar-refractivity contribution in [2.24, 2.45) is 0 Å². The zero-order valence-electron chi connectivity index (χ0n) is 12.6. The number of likely N-dealkylation sites (N-methyl/N-ethyl adjacent to an activating group) is 1. The van der Waals surface area contributed by atoms with E-state index >= 15 is 0 Å². The SMILES string of the molecule is CCN(CC)C(=O)Cc1c(C(=O)O)[nH]c2ccc(C)cc12. The van der Waals surface area contributed by atoms with E-state index in [9.17, 15) is 14.7 Å². The topological polar surface area (TPSA) is 73.4 Å². The standard InChI is InChI=1S/C16H20N2O3/c1-4-18(5-2)14(19)9-12-11-8-10(3)6-7-13(11)17-15(12)16(20)21/h6-8,17H,4-5,9H2,1-3H3,(H,20,21). The fourth-order valence-electron chi connectivity index (χ4n) is 2.57. The Labute approximate surface area is 123 Å². The summed E-state index contributed by atoms with van der Waals surface area (Å²) in [6.07, 6.45) is 0.104. The number of aromatic carboxylic acids is 1. The summed E-state index contributed by atoms with van der Waals surface area (Å²) in [5.41, 5.74) is 2.46. The van der Waals surface area contributed by atoms with Crippen molar-refractivity contribution < 1.29 is 14.7 Å². The Morgan fingerprint density at radius 1 is 1.24 bits per heavy atom. The molecule has 0 unspecified atom stereocenters. The van der Waals surface area contributed by atoms with E-state index < -0.39 is 5.97 Å². The molecule has 0 spiro atoms. The van der Waals surface area contributed by atoms with Crippen LogP contribution in [-0.4, -0.2) is 40.0 Å². The molecule has 0 radical (unpaired) electrons. The molecule has 2 aromatic rings. The number of benzene rings is 1. The minimum Gasteiger partial charge on any atom is -0.477 e. The molecule has 0 fully saturated rings. The summed E-state index contributed by atoms with van der Waals surface area (Å²) < 4.78 is 0. The molecule has 1 amide bonds. The van der Waals surface area contributed by atoms with Crippen molar-refractivity contribution in [2.75, 3.05) is 13.1 Å². The summed E-state index contributed by atoms with van der Waals surface area (Å²) in [6.45, 7) is 7.03. The molecule has 1 aromatic carbocycles. The molecular weight excluding hydrogens is 268 g/mol. The number of rotatable bonds is 5. The summed E-state index contributed by atoms with van der Waals surface area (Å²) in [5, 5.41) is 10.2. The average Bonchev–Trinajstić information content (AvgIpc) is 2.78. The molecule has 2 N–H and O–H groups in total. The van der Waals surface area contributed by atoms with E-state index in [1.165, 1.54) is 0 Å². The number of aromatic amines is 1. The van der Waals surface area contributed by atoms with Gasteiger partial charge >= 0.3 is 5.97 Å². The Morgan fingerprint density at radius 2 is 1.90 bits per heavy atom. The number of carbonyl (C=O) groups is 2. The molecule has 0 saturated heterocycles. The first kappa shape index (κ1) is 15.1. The van der Waals surface area contributed by atoms with Gasteiger partial charge in [0.15, 0.2) is 0 Å². The number of aromatic nitrogens is 1. The molecule has 5 nitrogen and oxygen atoms in total. The van der Waals surface area contributed by atoms with Gasteiger partial charge in [0.1, 0.15) is 5.69 Å². The second-order valence-corrected chi connectivity index (χ2v) is 5.08. The van der Waals surface area contributed by atoms with Crippen LogP contribution < -0.4 is 0 Å². The number of carboxylic acids is 1. The van der Waals surface area contributed by atoms with Gasteiger partial charge in [0, 0.05) is 29.6 Å². The van der Waals surface area contributed by atoms with E-state index in [0.29, 0.717) is 18.7 Å². The first-order chi connectivity index (χ1) is 9.97. The number of hydrogen-bond donors (Lipinski definition) is 2. The van der Waals surface area contributed by atoms with Gasteiger partial charge in [-0.15, -0.1) is 0 Å². The van der Waals surface area contributed by atoms with E-state index in [1.807, 2.05) is 39.0 Å². The number of hydrogen-bond acceptors (Lipinski definition) is 2. The maximum absolute atomic E-state index is 12.3. The lowest BCUT2D eigenvalue weighted by Gasteiger charge is -2.18. The molecule has 1 aromatic heterocycles. The van der Waals surface area contributed by atoms with Gasteiger partial charge in [-0.25, -0.2) is 4.79 Å². The molecule has 0 bridgehead atoms. The highest BCUT2D eigenvalue weighted by Gasteiger charge is 2.21. The summed E-state index contributed by atoms with van der Waals surface area (Å²) in [4.78, 5) is 28.3. The van der Waals surface area contributed by atoms with Crippen molar-refractivity contribution in [2.45, 2.75) is 27.2 Å². The number of amides is 1. The highest BCUT2D eigenvalue weighted by atomic mass is 16.4. The van der Waals surface area contributed by atoms with Crippen LogP contribution in [-0.2, 0) is 11.2 Å². The first-order valence-electron chi connectivity index (χ1n) is 7.10. The van der Waals surface area contributed by atoms with Crippen LogP contribution in [0.25, 0.3) is 10.9 Å². The zero-order valence-corrected chi connectivity index (χ0v) is 12.6. The fraction of sp³-hybridized carbons (Fsp3) is 0.375. The molecule has 0 atom stereocenters. The molecule has 2 rings (SSSR count). The fourth-order valence-corrected chi connectivity index (χ4v) is 2.57. The smallest absolute Gasteiger partial charge is 0.352 e. The van der Waals surface area contributed by atoms with Crippen molar-refractivity contribution >= 4 is 22.8 Å². The quantitative estimate of drug-likeness (QED) is 0.888. The molecule has 0 saturated carbocycles. The highest BCUT2D eigenvalue weighted by Crippen LogP contribution is 2.25. The van der Waals surface area contributed by atoms with Crippen molar-refractivity contribution in [3.8, 4) is 0 Å².